The third-order valence-corrected chi connectivity index (χ3v) is 5.40. The van der Waals surface area contributed by atoms with Crippen LogP contribution in [0.25, 0.3) is 0 Å². The van der Waals surface area contributed by atoms with Crippen molar-refractivity contribution in [1.29, 1.82) is 0 Å². The summed E-state index contributed by atoms with van der Waals surface area (Å²) in [5.41, 5.74) is -0.597. The molecule has 39 heavy (non-hydrogen) atoms. The van der Waals surface area contributed by atoms with E-state index in [0.717, 1.165) is 0 Å². The van der Waals surface area contributed by atoms with Crippen LogP contribution in [0.3, 0.4) is 0 Å². The molecule has 0 aliphatic rings. The van der Waals surface area contributed by atoms with Crippen LogP contribution in [0.2, 0.25) is 0 Å². The molecule has 5 unspecified atom stereocenters. The predicted molar refractivity (Wildman–Crippen MR) is 158 cm³/mol. The molecule has 0 N–H and O–H groups in total. The lowest BCUT2D eigenvalue weighted by atomic mass is 10.00. The van der Waals surface area contributed by atoms with Crippen molar-refractivity contribution in [2.24, 2.45) is 0 Å². The normalized spacial score (nSPS) is 17.2. The van der Waals surface area contributed by atoms with E-state index in [1.165, 1.54) is 0 Å². The molecule has 0 aliphatic heterocycles. The average molecular weight is 565 g/mol. The molecule has 8 nitrogen and oxygen atoms in total. The zero-order chi connectivity index (χ0) is 30.3. The molecule has 0 saturated carbocycles. The molecule has 0 heterocycles. The van der Waals surface area contributed by atoms with Crippen molar-refractivity contribution in [1.82, 2.24) is 0 Å². The summed E-state index contributed by atoms with van der Waals surface area (Å²) in [4.78, 5) is 0. The van der Waals surface area contributed by atoms with Crippen molar-refractivity contribution in [2.45, 2.75) is 177 Å². The highest BCUT2D eigenvalue weighted by molar-refractivity contribution is 4.89. The van der Waals surface area contributed by atoms with Gasteiger partial charge in [0.1, 0.15) is 24.4 Å². The second-order valence-electron chi connectivity index (χ2n) is 12.7. The summed E-state index contributed by atoms with van der Waals surface area (Å²) in [5, 5.41) is 0. The summed E-state index contributed by atoms with van der Waals surface area (Å²) < 4.78 is 50.4. The van der Waals surface area contributed by atoms with Gasteiger partial charge >= 0.3 is 0 Å². The fourth-order valence-electron chi connectivity index (χ4n) is 3.87. The quantitative estimate of drug-likeness (QED) is 0.145. The SMILES string of the molecule is CC(C)OCC(C)OCC(OC(C)(C)COC(C)C)C(OC(C)C)C(OC(C)C)C(COC(C)C)OC(C)C. The molecule has 0 aromatic rings. The van der Waals surface area contributed by atoms with Crippen molar-refractivity contribution >= 4 is 0 Å². The van der Waals surface area contributed by atoms with Gasteiger partial charge < -0.3 is 37.9 Å². The Balaban J connectivity index is 6.40. The molecule has 0 spiro atoms. The molecule has 0 saturated heterocycles. The smallest absolute Gasteiger partial charge is 0.115 e. The molecular formula is C31H64O8. The van der Waals surface area contributed by atoms with Gasteiger partial charge in [-0.25, -0.2) is 0 Å². The predicted octanol–water partition coefficient (Wildman–Crippen LogP) is 6.21. The van der Waals surface area contributed by atoms with Crippen LogP contribution in [0.1, 0.15) is 104 Å². The van der Waals surface area contributed by atoms with Gasteiger partial charge in [-0.2, -0.15) is 0 Å². The fourth-order valence-corrected chi connectivity index (χ4v) is 3.87. The average Bonchev–Trinajstić information content (AvgIpc) is 2.78. The molecule has 0 aromatic heterocycles. The Kier molecular flexibility index (Phi) is 19.6. The van der Waals surface area contributed by atoms with Crippen LogP contribution in [-0.2, 0) is 37.9 Å². The molecule has 5 atom stereocenters. The van der Waals surface area contributed by atoms with E-state index >= 15 is 0 Å². The van der Waals surface area contributed by atoms with Crippen LogP contribution < -0.4 is 0 Å². The van der Waals surface area contributed by atoms with Gasteiger partial charge in [0.05, 0.1) is 74.8 Å². The molecule has 0 amide bonds. The summed E-state index contributed by atoms with van der Waals surface area (Å²) in [7, 11) is 0. The van der Waals surface area contributed by atoms with Crippen LogP contribution in [0, 0.1) is 0 Å². The Morgan fingerprint density at radius 1 is 0.436 bits per heavy atom. The van der Waals surface area contributed by atoms with E-state index < -0.39 is 23.9 Å². The van der Waals surface area contributed by atoms with Gasteiger partial charge in [0, 0.05) is 0 Å². The molecule has 0 aliphatic carbocycles. The lowest BCUT2D eigenvalue weighted by Gasteiger charge is -2.42. The van der Waals surface area contributed by atoms with Crippen molar-refractivity contribution in [3.8, 4) is 0 Å². The minimum atomic E-state index is -0.597. The molecule has 0 rings (SSSR count). The minimum absolute atomic E-state index is 0.0246. The summed E-state index contributed by atoms with van der Waals surface area (Å²) >= 11 is 0. The zero-order valence-corrected chi connectivity index (χ0v) is 27.9. The topological polar surface area (TPSA) is 73.8 Å². The van der Waals surface area contributed by atoms with Crippen molar-refractivity contribution in [3.05, 3.63) is 0 Å². The maximum Gasteiger partial charge on any atom is 0.115 e. The van der Waals surface area contributed by atoms with Crippen molar-refractivity contribution < 1.29 is 37.9 Å². The van der Waals surface area contributed by atoms with E-state index in [9.17, 15) is 0 Å². The Morgan fingerprint density at radius 2 is 0.846 bits per heavy atom. The maximum atomic E-state index is 6.78. The molecule has 0 radical (unpaired) electrons. The largest absolute Gasteiger partial charge is 0.376 e. The van der Waals surface area contributed by atoms with Crippen LogP contribution in [-0.4, -0.2) is 99.2 Å². The van der Waals surface area contributed by atoms with E-state index in [-0.39, 0.29) is 48.8 Å². The van der Waals surface area contributed by atoms with Gasteiger partial charge in [0.15, 0.2) is 0 Å². The van der Waals surface area contributed by atoms with Gasteiger partial charge in [-0.05, 0) is 104 Å². The summed E-state index contributed by atoms with van der Waals surface area (Å²) in [6.45, 7) is 31.9. The second-order valence-corrected chi connectivity index (χ2v) is 12.7. The van der Waals surface area contributed by atoms with Gasteiger partial charge in [-0.3, -0.25) is 0 Å². The summed E-state index contributed by atoms with van der Waals surface area (Å²) in [6.07, 6.45) is -1.83. The van der Waals surface area contributed by atoms with Crippen molar-refractivity contribution in [2.75, 3.05) is 26.4 Å². The third kappa shape index (κ3) is 19.4. The van der Waals surface area contributed by atoms with E-state index in [0.29, 0.717) is 26.4 Å². The fraction of sp³-hybridized carbons (Fsp3) is 1.00. The van der Waals surface area contributed by atoms with Gasteiger partial charge in [-0.15, -0.1) is 0 Å². The molecule has 8 heteroatoms. The number of hydrogen-bond acceptors (Lipinski definition) is 8. The van der Waals surface area contributed by atoms with Gasteiger partial charge in [-0.1, -0.05) is 0 Å². The maximum absolute atomic E-state index is 6.78. The molecule has 0 aromatic carbocycles. The molecular weight excluding hydrogens is 500 g/mol. The van der Waals surface area contributed by atoms with Crippen LogP contribution in [0.4, 0.5) is 0 Å². The standard InChI is InChI=1S/C31H64O8/c1-20(2)32-16-26(13)34-18-28(39-31(14,15)19-35-22(5)6)30(38-25(11)12)29(37-24(9)10)27(36-23(7)8)17-33-21(3)4/h20-30H,16-19H2,1-15H3. The van der Waals surface area contributed by atoms with Gasteiger partial charge in [0.25, 0.3) is 0 Å². The Hall–Kier alpha value is -0.320. The highest BCUT2D eigenvalue weighted by atomic mass is 16.6. The van der Waals surface area contributed by atoms with Crippen molar-refractivity contribution in [3.63, 3.8) is 0 Å². The Morgan fingerprint density at radius 3 is 1.28 bits per heavy atom. The highest BCUT2D eigenvalue weighted by Gasteiger charge is 2.42. The van der Waals surface area contributed by atoms with E-state index in [2.05, 4.69) is 0 Å². The first-order valence-electron chi connectivity index (χ1n) is 15.0. The number of rotatable bonds is 23. The first kappa shape index (κ1) is 38.7. The molecule has 0 bridgehead atoms. The summed E-state index contributed by atoms with van der Waals surface area (Å²) in [6, 6.07) is 0. The zero-order valence-electron chi connectivity index (χ0n) is 27.9. The molecule has 0 fully saturated rings. The number of ether oxygens (including phenoxy) is 8. The Bertz CT molecular complexity index is 591. The minimum Gasteiger partial charge on any atom is -0.376 e. The third-order valence-electron chi connectivity index (χ3n) is 5.40. The first-order chi connectivity index (χ1) is 17.9. The van der Waals surface area contributed by atoms with Gasteiger partial charge in [0.2, 0.25) is 0 Å². The second kappa shape index (κ2) is 19.7. The van der Waals surface area contributed by atoms with Crippen LogP contribution in [0.5, 0.6) is 0 Å². The van der Waals surface area contributed by atoms with Crippen LogP contribution >= 0.6 is 0 Å². The van der Waals surface area contributed by atoms with E-state index in [1.54, 1.807) is 0 Å². The summed E-state index contributed by atoms with van der Waals surface area (Å²) in [5.74, 6) is 0. The monoisotopic (exact) mass is 564 g/mol. The van der Waals surface area contributed by atoms with E-state index in [1.807, 2.05) is 104 Å². The highest BCUT2D eigenvalue weighted by Crippen LogP contribution is 2.26. The first-order valence-corrected chi connectivity index (χ1v) is 15.0. The van der Waals surface area contributed by atoms with Crippen LogP contribution in [0.15, 0.2) is 0 Å². The Labute approximate surface area is 241 Å². The lowest BCUT2D eigenvalue weighted by Crippen LogP contribution is -2.56. The lowest BCUT2D eigenvalue weighted by molar-refractivity contribution is -0.244. The van der Waals surface area contributed by atoms with E-state index in [4.69, 9.17) is 37.9 Å². The number of hydrogen-bond donors (Lipinski definition) is 0. The molecule has 236 valence electrons.